The van der Waals surface area contributed by atoms with Gasteiger partial charge in [-0.05, 0) is 6.42 Å². The fourth-order valence-corrected chi connectivity index (χ4v) is 1.44. The Hall–Kier alpha value is -2.18. The van der Waals surface area contributed by atoms with Crippen LogP contribution in [0, 0.1) is 0 Å². The Morgan fingerprint density at radius 2 is 1.94 bits per heavy atom. The van der Waals surface area contributed by atoms with Crippen molar-refractivity contribution in [3.05, 3.63) is 24.5 Å². The highest BCUT2D eigenvalue weighted by Gasteiger charge is 2.01. The van der Waals surface area contributed by atoms with Gasteiger partial charge in [0.15, 0.2) is 5.82 Å². The number of anilines is 2. The summed E-state index contributed by atoms with van der Waals surface area (Å²) in [6.45, 7) is 3.56. The average molecular weight is 247 g/mol. The molecule has 18 heavy (non-hydrogen) atoms. The first-order chi connectivity index (χ1) is 8.78. The highest BCUT2D eigenvalue weighted by atomic mass is 15.3. The summed E-state index contributed by atoms with van der Waals surface area (Å²) in [6, 6.07) is 1.87. The van der Waals surface area contributed by atoms with Crippen LogP contribution in [0.5, 0.6) is 0 Å². The minimum absolute atomic E-state index is 0.547. The molecule has 7 heteroatoms. The van der Waals surface area contributed by atoms with Gasteiger partial charge in [-0.15, -0.1) is 0 Å². The van der Waals surface area contributed by atoms with E-state index in [4.69, 9.17) is 0 Å². The third-order valence-corrected chi connectivity index (χ3v) is 2.30. The van der Waals surface area contributed by atoms with Crippen molar-refractivity contribution in [1.82, 2.24) is 24.7 Å². The zero-order chi connectivity index (χ0) is 12.8. The molecular formula is C11H17N7. The fourth-order valence-electron chi connectivity index (χ4n) is 1.44. The predicted molar refractivity (Wildman–Crippen MR) is 69.1 cm³/mol. The van der Waals surface area contributed by atoms with Crippen LogP contribution in [0.3, 0.4) is 0 Å². The molecule has 7 nitrogen and oxygen atoms in total. The Kier molecular flexibility index (Phi) is 4.06. The van der Waals surface area contributed by atoms with Gasteiger partial charge in [-0.3, -0.25) is 4.68 Å². The molecule has 0 aliphatic heterocycles. The van der Waals surface area contributed by atoms with Gasteiger partial charge in [-0.1, -0.05) is 6.92 Å². The van der Waals surface area contributed by atoms with E-state index in [2.05, 4.69) is 37.6 Å². The molecule has 0 aliphatic carbocycles. The molecule has 2 N–H and O–H groups in total. The summed E-state index contributed by atoms with van der Waals surface area (Å²) in [5.74, 6) is 2.32. The van der Waals surface area contributed by atoms with Crippen molar-refractivity contribution in [2.45, 2.75) is 19.9 Å². The molecule has 2 rings (SSSR count). The molecule has 0 fully saturated rings. The lowest BCUT2D eigenvalue weighted by molar-refractivity contribution is 0.747. The van der Waals surface area contributed by atoms with Crippen LogP contribution in [0.1, 0.15) is 19.2 Å². The number of hydrogen-bond acceptors (Lipinski definition) is 6. The molecule has 0 saturated heterocycles. The van der Waals surface area contributed by atoms with Crippen LogP contribution < -0.4 is 10.6 Å². The molecule has 0 radical (unpaired) electrons. The summed E-state index contributed by atoms with van der Waals surface area (Å²) < 4.78 is 1.67. The van der Waals surface area contributed by atoms with Gasteiger partial charge >= 0.3 is 0 Å². The standard InChI is InChI=1S/C11H17N7/c1-3-4-12-9-5-10(15-7-14-9)13-6-11-16-8-18(2)17-11/h5,7-8H,3-4,6H2,1-2H3,(H2,12,13,14,15). The quantitative estimate of drug-likeness (QED) is 0.794. The summed E-state index contributed by atoms with van der Waals surface area (Å²) in [5.41, 5.74) is 0. The Morgan fingerprint density at radius 3 is 2.61 bits per heavy atom. The first kappa shape index (κ1) is 12.3. The number of aryl methyl sites for hydroxylation is 1. The Balaban J connectivity index is 1.92. The number of hydrogen-bond donors (Lipinski definition) is 2. The third-order valence-electron chi connectivity index (χ3n) is 2.30. The van der Waals surface area contributed by atoms with Gasteiger partial charge in [-0.2, -0.15) is 5.10 Å². The van der Waals surface area contributed by atoms with Crippen molar-refractivity contribution in [2.24, 2.45) is 7.05 Å². The first-order valence-electron chi connectivity index (χ1n) is 5.92. The summed E-state index contributed by atoms with van der Waals surface area (Å²) >= 11 is 0. The summed E-state index contributed by atoms with van der Waals surface area (Å²) in [4.78, 5) is 12.4. The molecule has 96 valence electrons. The average Bonchev–Trinajstić information content (AvgIpc) is 2.80. The minimum atomic E-state index is 0.547. The van der Waals surface area contributed by atoms with E-state index >= 15 is 0 Å². The second-order valence-electron chi connectivity index (χ2n) is 3.90. The van der Waals surface area contributed by atoms with Gasteiger partial charge in [0.2, 0.25) is 0 Å². The number of aromatic nitrogens is 5. The van der Waals surface area contributed by atoms with E-state index in [1.165, 1.54) is 6.33 Å². The topological polar surface area (TPSA) is 80.5 Å². The zero-order valence-electron chi connectivity index (χ0n) is 10.6. The molecule has 0 amide bonds. The normalized spacial score (nSPS) is 10.3. The molecule has 0 atom stereocenters. The third kappa shape index (κ3) is 3.41. The molecule has 2 aromatic heterocycles. The minimum Gasteiger partial charge on any atom is -0.370 e. The molecule has 0 bridgehead atoms. The van der Waals surface area contributed by atoms with Crippen molar-refractivity contribution < 1.29 is 0 Å². The van der Waals surface area contributed by atoms with E-state index in [1.54, 1.807) is 11.0 Å². The van der Waals surface area contributed by atoms with Crippen LogP contribution in [0.25, 0.3) is 0 Å². The number of nitrogens with one attached hydrogen (secondary N) is 2. The van der Waals surface area contributed by atoms with E-state index in [1.807, 2.05) is 13.1 Å². The highest BCUT2D eigenvalue weighted by Crippen LogP contribution is 2.09. The largest absolute Gasteiger partial charge is 0.370 e. The molecule has 0 unspecified atom stereocenters. The molecule has 2 heterocycles. The summed E-state index contributed by atoms with van der Waals surface area (Å²) in [5, 5.41) is 10.6. The van der Waals surface area contributed by atoms with Crippen LogP contribution in [0.15, 0.2) is 18.7 Å². The maximum atomic E-state index is 4.18. The number of rotatable bonds is 6. The van der Waals surface area contributed by atoms with Gasteiger partial charge in [0.1, 0.15) is 24.3 Å². The Bertz CT molecular complexity index is 494. The van der Waals surface area contributed by atoms with Crippen molar-refractivity contribution in [2.75, 3.05) is 17.2 Å². The van der Waals surface area contributed by atoms with E-state index in [0.29, 0.717) is 6.54 Å². The molecule has 0 spiro atoms. The smallest absolute Gasteiger partial charge is 0.169 e. The van der Waals surface area contributed by atoms with Crippen molar-refractivity contribution in [3.63, 3.8) is 0 Å². The van der Waals surface area contributed by atoms with Crippen LogP contribution in [0.4, 0.5) is 11.6 Å². The van der Waals surface area contributed by atoms with E-state index in [0.717, 1.165) is 30.4 Å². The lowest BCUT2D eigenvalue weighted by Crippen LogP contribution is -2.06. The van der Waals surface area contributed by atoms with Crippen LogP contribution in [0.2, 0.25) is 0 Å². The summed E-state index contributed by atoms with van der Waals surface area (Å²) in [7, 11) is 1.84. The van der Waals surface area contributed by atoms with Gasteiger partial charge in [0.25, 0.3) is 0 Å². The monoisotopic (exact) mass is 247 g/mol. The van der Waals surface area contributed by atoms with Gasteiger partial charge in [0, 0.05) is 19.7 Å². The molecular weight excluding hydrogens is 230 g/mol. The van der Waals surface area contributed by atoms with Crippen LogP contribution in [-0.2, 0) is 13.6 Å². The second-order valence-corrected chi connectivity index (χ2v) is 3.90. The molecule has 2 aromatic rings. The maximum absolute atomic E-state index is 4.18. The lowest BCUT2D eigenvalue weighted by atomic mass is 10.4. The van der Waals surface area contributed by atoms with Crippen LogP contribution in [-0.4, -0.2) is 31.3 Å². The van der Waals surface area contributed by atoms with Crippen molar-refractivity contribution in [1.29, 1.82) is 0 Å². The molecule has 0 aromatic carbocycles. The Labute approximate surface area is 106 Å². The fraction of sp³-hybridized carbons (Fsp3) is 0.455. The van der Waals surface area contributed by atoms with Crippen molar-refractivity contribution in [3.8, 4) is 0 Å². The molecule has 0 aliphatic rings. The van der Waals surface area contributed by atoms with E-state index < -0.39 is 0 Å². The van der Waals surface area contributed by atoms with Gasteiger partial charge < -0.3 is 10.6 Å². The SMILES string of the molecule is CCCNc1cc(NCc2ncn(C)n2)ncn1. The molecule has 0 saturated carbocycles. The first-order valence-corrected chi connectivity index (χ1v) is 5.92. The predicted octanol–water partition coefficient (Wildman–Crippen LogP) is 1.04. The highest BCUT2D eigenvalue weighted by molar-refractivity contribution is 5.46. The van der Waals surface area contributed by atoms with Crippen molar-refractivity contribution >= 4 is 11.6 Å². The van der Waals surface area contributed by atoms with Crippen LogP contribution >= 0.6 is 0 Å². The van der Waals surface area contributed by atoms with Gasteiger partial charge in [0.05, 0.1) is 6.54 Å². The second kappa shape index (κ2) is 5.95. The Morgan fingerprint density at radius 1 is 1.17 bits per heavy atom. The maximum Gasteiger partial charge on any atom is 0.169 e. The van der Waals surface area contributed by atoms with E-state index in [9.17, 15) is 0 Å². The summed E-state index contributed by atoms with van der Waals surface area (Å²) in [6.07, 6.45) is 4.27. The van der Waals surface area contributed by atoms with Gasteiger partial charge in [-0.25, -0.2) is 15.0 Å². The lowest BCUT2D eigenvalue weighted by Gasteiger charge is -2.06. The van der Waals surface area contributed by atoms with E-state index in [-0.39, 0.29) is 0 Å². The zero-order valence-corrected chi connectivity index (χ0v) is 10.6. The number of nitrogens with zero attached hydrogens (tertiary/aromatic N) is 5.